The Labute approximate surface area is 162 Å². The zero-order chi connectivity index (χ0) is 19.6. The Hall–Kier alpha value is -2.93. The summed E-state index contributed by atoms with van der Waals surface area (Å²) >= 11 is 3.32. The van der Waals surface area contributed by atoms with Crippen LogP contribution in [-0.2, 0) is 4.74 Å². The van der Waals surface area contributed by atoms with Crippen molar-refractivity contribution in [3.63, 3.8) is 0 Å². The van der Waals surface area contributed by atoms with E-state index < -0.39 is 17.7 Å². The van der Waals surface area contributed by atoms with Gasteiger partial charge in [-0.05, 0) is 55.5 Å². The highest BCUT2D eigenvalue weighted by atomic mass is 79.9. The lowest BCUT2D eigenvalue weighted by atomic mass is 10.1. The summed E-state index contributed by atoms with van der Waals surface area (Å²) in [6, 6.07) is 12.9. The van der Waals surface area contributed by atoms with Crippen molar-refractivity contribution in [1.29, 1.82) is 0 Å². The molecule has 1 aromatic heterocycles. The maximum Gasteiger partial charge on any atom is 0.351 e. The Kier molecular flexibility index (Phi) is 5.41. The smallest absolute Gasteiger partial charge is 0.351 e. The lowest BCUT2D eigenvalue weighted by Gasteiger charge is -2.12. The molecule has 0 aliphatic rings. The van der Waals surface area contributed by atoms with Crippen LogP contribution in [0.25, 0.3) is 11.0 Å². The molecule has 2 aromatic carbocycles. The van der Waals surface area contributed by atoms with Gasteiger partial charge in [0, 0.05) is 15.4 Å². The second kappa shape index (κ2) is 7.75. The van der Waals surface area contributed by atoms with Crippen LogP contribution in [0.1, 0.15) is 27.6 Å². The normalized spacial score (nSPS) is 11.8. The van der Waals surface area contributed by atoms with Crippen molar-refractivity contribution >= 4 is 38.7 Å². The average Bonchev–Trinajstić information content (AvgIpc) is 2.67. The highest BCUT2D eigenvalue weighted by Gasteiger charge is 2.23. The summed E-state index contributed by atoms with van der Waals surface area (Å²) in [4.78, 5) is 36.9. The van der Waals surface area contributed by atoms with Gasteiger partial charge in [-0.15, -0.1) is 0 Å². The quantitative estimate of drug-likeness (QED) is 0.345. The van der Waals surface area contributed by atoms with Crippen LogP contribution >= 0.6 is 15.9 Å². The molecular weight excluding hydrogens is 416 g/mol. The standard InChI is InChI=1S/C20H15BrO6/c1-11(18(22)12-3-6-15(25-2)7-4-12)26-19(23)16-10-13-9-14(21)5-8-17(13)27-20(16)24/h3-11H,1-2H3. The molecule has 3 rings (SSSR count). The number of halogens is 1. The molecule has 0 spiro atoms. The summed E-state index contributed by atoms with van der Waals surface area (Å²) in [5, 5.41) is 0.560. The van der Waals surface area contributed by atoms with E-state index in [-0.39, 0.29) is 11.3 Å². The van der Waals surface area contributed by atoms with E-state index in [1.807, 2.05) is 0 Å². The SMILES string of the molecule is COc1ccc(C(=O)C(C)OC(=O)c2cc3cc(Br)ccc3oc2=O)cc1. The fourth-order valence-electron chi connectivity index (χ4n) is 2.50. The molecule has 27 heavy (non-hydrogen) atoms. The van der Waals surface area contributed by atoms with Gasteiger partial charge >= 0.3 is 11.6 Å². The number of rotatable bonds is 5. The highest BCUT2D eigenvalue weighted by molar-refractivity contribution is 9.10. The van der Waals surface area contributed by atoms with Crippen molar-refractivity contribution in [3.05, 3.63) is 74.6 Å². The van der Waals surface area contributed by atoms with Crippen LogP contribution in [-0.4, -0.2) is 25.0 Å². The van der Waals surface area contributed by atoms with Crippen LogP contribution in [0.4, 0.5) is 0 Å². The first-order valence-electron chi connectivity index (χ1n) is 8.01. The van der Waals surface area contributed by atoms with E-state index >= 15 is 0 Å². The van der Waals surface area contributed by atoms with E-state index in [0.29, 0.717) is 22.3 Å². The second-order valence-electron chi connectivity index (χ2n) is 5.77. The van der Waals surface area contributed by atoms with Crippen molar-refractivity contribution in [2.45, 2.75) is 13.0 Å². The van der Waals surface area contributed by atoms with E-state index in [9.17, 15) is 14.4 Å². The lowest BCUT2D eigenvalue weighted by molar-refractivity contribution is 0.0315. The molecule has 138 valence electrons. The molecular formula is C20H15BrO6. The monoisotopic (exact) mass is 430 g/mol. The minimum absolute atomic E-state index is 0.269. The number of carbonyl (C=O) groups is 2. The van der Waals surface area contributed by atoms with Crippen LogP contribution in [0.15, 0.2) is 62.2 Å². The molecule has 6 nitrogen and oxygen atoms in total. The maximum atomic E-state index is 12.4. The molecule has 0 fully saturated rings. The number of benzene rings is 2. The summed E-state index contributed by atoms with van der Waals surface area (Å²) in [5.41, 5.74) is -0.374. The minimum atomic E-state index is -1.07. The van der Waals surface area contributed by atoms with E-state index in [1.54, 1.807) is 42.5 Å². The summed E-state index contributed by atoms with van der Waals surface area (Å²) in [6.07, 6.45) is -1.07. The molecule has 0 aliphatic heterocycles. The van der Waals surface area contributed by atoms with E-state index in [0.717, 1.165) is 4.47 Å². The number of ether oxygens (including phenoxy) is 2. The molecule has 0 bridgehead atoms. The van der Waals surface area contributed by atoms with Gasteiger partial charge in [0.1, 0.15) is 16.9 Å². The summed E-state index contributed by atoms with van der Waals surface area (Å²) in [6.45, 7) is 1.45. The lowest BCUT2D eigenvalue weighted by Crippen LogP contribution is -2.27. The predicted octanol–water partition coefficient (Wildman–Crippen LogP) is 3.99. The van der Waals surface area contributed by atoms with Crippen LogP contribution in [0.3, 0.4) is 0 Å². The maximum absolute atomic E-state index is 12.4. The first-order valence-corrected chi connectivity index (χ1v) is 8.81. The van der Waals surface area contributed by atoms with E-state index in [4.69, 9.17) is 13.9 Å². The Balaban J connectivity index is 1.81. The number of methoxy groups -OCH3 is 1. The third-order valence-corrected chi connectivity index (χ3v) is 4.43. The summed E-state index contributed by atoms with van der Waals surface area (Å²) in [7, 11) is 1.52. The van der Waals surface area contributed by atoms with Crippen molar-refractivity contribution in [3.8, 4) is 5.75 Å². The first kappa shape index (κ1) is 18.8. The third kappa shape index (κ3) is 4.09. The zero-order valence-corrected chi connectivity index (χ0v) is 16.1. The Morgan fingerprint density at radius 1 is 1.07 bits per heavy atom. The molecule has 0 amide bonds. The topological polar surface area (TPSA) is 82.8 Å². The molecule has 0 saturated heterocycles. The van der Waals surface area contributed by atoms with Crippen LogP contribution in [0.2, 0.25) is 0 Å². The van der Waals surface area contributed by atoms with Crippen LogP contribution in [0, 0.1) is 0 Å². The number of hydrogen-bond donors (Lipinski definition) is 0. The van der Waals surface area contributed by atoms with Crippen molar-refractivity contribution in [2.75, 3.05) is 7.11 Å². The molecule has 0 aliphatic carbocycles. The average molecular weight is 431 g/mol. The molecule has 3 aromatic rings. The highest BCUT2D eigenvalue weighted by Crippen LogP contribution is 2.20. The number of esters is 1. The van der Waals surface area contributed by atoms with Gasteiger partial charge in [-0.25, -0.2) is 9.59 Å². The van der Waals surface area contributed by atoms with Gasteiger partial charge in [0.05, 0.1) is 7.11 Å². The zero-order valence-electron chi connectivity index (χ0n) is 14.5. The number of hydrogen-bond acceptors (Lipinski definition) is 6. The fraction of sp³-hybridized carbons (Fsp3) is 0.150. The Bertz CT molecular complexity index is 1070. The summed E-state index contributed by atoms with van der Waals surface area (Å²) in [5.74, 6) is -0.699. The van der Waals surface area contributed by atoms with E-state index in [1.165, 1.54) is 20.1 Å². The number of fused-ring (bicyclic) bond motifs is 1. The third-order valence-electron chi connectivity index (χ3n) is 3.94. The number of Topliss-reactive ketones (excluding diaryl/α,β-unsaturated/α-hetero) is 1. The van der Waals surface area contributed by atoms with Gasteiger partial charge in [-0.3, -0.25) is 4.79 Å². The van der Waals surface area contributed by atoms with Crippen LogP contribution in [0.5, 0.6) is 5.75 Å². The van der Waals surface area contributed by atoms with Gasteiger partial charge in [0.2, 0.25) is 5.78 Å². The van der Waals surface area contributed by atoms with Crippen LogP contribution < -0.4 is 10.4 Å². The van der Waals surface area contributed by atoms with Gasteiger partial charge in [-0.2, -0.15) is 0 Å². The first-order chi connectivity index (χ1) is 12.9. The summed E-state index contributed by atoms with van der Waals surface area (Å²) < 4.78 is 16.1. The minimum Gasteiger partial charge on any atom is -0.497 e. The Morgan fingerprint density at radius 3 is 2.44 bits per heavy atom. The van der Waals surface area contributed by atoms with Gasteiger partial charge in [-0.1, -0.05) is 15.9 Å². The molecule has 1 heterocycles. The molecule has 0 saturated carbocycles. The molecule has 1 unspecified atom stereocenters. The molecule has 1 atom stereocenters. The van der Waals surface area contributed by atoms with Crippen molar-refractivity contribution < 1.29 is 23.5 Å². The number of carbonyl (C=O) groups excluding carboxylic acids is 2. The van der Waals surface area contributed by atoms with E-state index in [2.05, 4.69) is 15.9 Å². The Morgan fingerprint density at radius 2 is 1.78 bits per heavy atom. The van der Waals surface area contributed by atoms with Gasteiger partial charge < -0.3 is 13.9 Å². The van der Waals surface area contributed by atoms with Crippen molar-refractivity contribution in [2.24, 2.45) is 0 Å². The molecule has 0 radical (unpaired) electrons. The van der Waals surface area contributed by atoms with Gasteiger partial charge in [0.25, 0.3) is 0 Å². The number of ketones is 1. The molecule has 0 N–H and O–H groups in total. The largest absolute Gasteiger partial charge is 0.497 e. The second-order valence-corrected chi connectivity index (χ2v) is 6.69. The van der Waals surface area contributed by atoms with Gasteiger partial charge in [0.15, 0.2) is 6.10 Å². The fourth-order valence-corrected chi connectivity index (χ4v) is 2.88. The van der Waals surface area contributed by atoms with Crippen molar-refractivity contribution in [1.82, 2.24) is 0 Å². The predicted molar refractivity (Wildman–Crippen MR) is 102 cm³/mol. The molecule has 7 heteroatoms.